The molecule has 0 aliphatic carbocycles. The number of hydrogen-bond donors (Lipinski definition) is 3. The average molecular weight is 164 g/mol. The van der Waals surface area contributed by atoms with Crippen LogP contribution >= 0.6 is 12.4 Å². The smallest absolute Gasteiger partial charge is 0.327 e. The van der Waals surface area contributed by atoms with Crippen LogP contribution in [-0.4, -0.2) is 9.97 Å². The van der Waals surface area contributed by atoms with E-state index < -0.39 is 11.2 Å². The molecule has 0 radical (unpaired) electrons. The molecule has 0 saturated carbocycles. The van der Waals surface area contributed by atoms with E-state index in [1.54, 1.807) is 0 Å². The van der Waals surface area contributed by atoms with E-state index in [-0.39, 0.29) is 18.2 Å². The predicted molar refractivity (Wildman–Crippen MR) is 39.3 cm³/mol. The van der Waals surface area contributed by atoms with Crippen molar-refractivity contribution in [2.75, 3.05) is 5.73 Å². The number of nitrogens with two attached hydrogens (primary N) is 1. The zero-order valence-electron chi connectivity index (χ0n) is 4.88. The summed E-state index contributed by atoms with van der Waals surface area (Å²) in [7, 11) is 0. The number of nitrogens with one attached hydrogen (secondary N) is 2. The van der Waals surface area contributed by atoms with Crippen LogP contribution in [0.5, 0.6) is 0 Å². The zero-order chi connectivity index (χ0) is 6.85. The molecular weight excluding hydrogens is 158 g/mol. The summed E-state index contributed by atoms with van der Waals surface area (Å²) in [6.07, 6.45) is 0. The van der Waals surface area contributed by atoms with Crippen LogP contribution in [-0.2, 0) is 0 Å². The summed E-state index contributed by atoms with van der Waals surface area (Å²) in [4.78, 5) is 24.8. The Balaban J connectivity index is 0.000000810. The van der Waals surface area contributed by atoms with E-state index >= 15 is 0 Å². The fourth-order valence-electron chi connectivity index (χ4n) is 0.488. The van der Waals surface area contributed by atoms with Crippen molar-refractivity contribution in [3.63, 3.8) is 0 Å². The number of halogens is 1. The zero-order valence-corrected chi connectivity index (χ0v) is 5.70. The maximum absolute atomic E-state index is 10.4. The number of nitrogen functional groups attached to an aromatic ring is 1. The van der Waals surface area contributed by atoms with Crippen molar-refractivity contribution in [1.29, 1.82) is 0 Å². The van der Waals surface area contributed by atoms with E-state index in [0.29, 0.717) is 0 Å². The highest BCUT2D eigenvalue weighted by atomic mass is 35.5. The van der Waals surface area contributed by atoms with E-state index in [9.17, 15) is 9.59 Å². The van der Waals surface area contributed by atoms with Gasteiger partial charge < -0.3 is 5.73 Å². The maximum Gasteiger partial charge on any atom is 0.327 e. The monoisotopic (exact) mass is 163 g/mol. The minimum atomic E-state index is -0.583. The highest BCUT2D eigenvalue weighted by molar-refractivity contribution is 5.85. The van der Waals surface area contributed by atoms with Crippen molar-refractivity contribution in [3.8, 4) is 0 Å². The van der Waals surface area contributed by atoms with E-state index in [4.69, 9.17) is 5.73 Å². The van der Waals surface area contributed by atoms with E-state index in [0.717, 1.165) is 6.07 Å². The van der Waals surface area contributed by atoms with Crippen LogP contribution in [0.25, 0.3) is 0 Å². The molecule has 0 unspecified atom stereocenters. The van der Waals surface area contributed by atoms with Crippen LogP contribution < -0.4 is 17.0 Å². The molecule has 4 N–H and O–H groups in total. The summed E-state index contributed by atoms with van der Waals surface area (Å²) in [6.45, 7) is 0. The molecule has 0 aliphatic rings. The van der Waals surface area contributed by atoms with Gasteiger partial charge in [0.05, 0.1) is 0 Å². The van der Waals surface area contributed by atoms with E-state index in [1.807, 2.05) is 4.98 Å². The third kappa shape index (κ3) is 1.94. The molecule has 0 saturated heterocycles. The first kappa shape index (κ1) is 8.77. The molecule has 0 fully saturated rings. The predicted octanol–water partition coefficient (Wildman–Crippen LogP) is -0.933. The van der Waals surface area contributed by atoms with Gasteiger partial charge in [-0.1, -0.05) is 0 Å². The molecule has 5 nitrogen and oxygen atoms in total. The summed E-state index contributed by atoms with van der Waals surface area (Å²) in [6, 6.07) is 1.10. The Bertz CT molecular complexity index is 287. The Morgan fingerprint density at radius 3 is 2.30 bits per heavy atom. The first-order chi connectivity index (χ1) is 4.18. The lowest BCUT2D eigenvalue weighted by Gasteiger charge is -1.85. The number of hydrogen-bond acceptors (Lipinski definition) is 3. The molecule has 6 heteroatoms. The van der Waals surface area contributed by atoms with Crippen molar-refractivity contribution < 1.29 is 0 Å². The van der Waals surface area contributed by atoms with Gasteiger partial charge >= 0.3 is 5.69 Å². The first-order valence-corrected chi connectivity index (χ1v) is 2.27. The van der Waals surface area contributed by atoms with Crippen molar-refractivity contribution in [1.82, 2.24) is 9.97 Å². The van der Waals surface area contributed by atoms with Crippen molar-refractivity contribution >= 4 is 18.2 Å². The van der Waals surface area contributed by atoms with Crippen LogP contribution in [0.15, 0.2) is 15.7 Å². The topological polar surface area (TPSA) is 91.7 Å². The van der Waals surface area contributed by atoms with Gasteiger partial charge in [0.2, 0.25) is 0 Å². The second-order valence-corrected chi connectivity index (χ2v) is 1.54. The SMILES string of the molecule is Cl.Nc1cc(=O)[nH]c(=O)[nH]1. The Hall–Kier alpha value is -1.23. The molecule has 0 aromatic carbocycles. The van der Waals surface area contributed by atoms with Crippen molar-refractivity contribution in [2.45, 2.75) is 0 Å². The van der Waals surface area contributed by atoms with Gasteiger partial charge in [-0.2, -0.15) is 0 Å². The van der Waals surface area contributed by atoms with Crippen molar-refractivity contribution in [3.05, 3.63) is 26.9 Å². The molecule has 1 heterocycles. The van der Waals surface area contributed by atoms with Gasteiger partial charge in [-0.15, -0.1) is 12.4 Å². The fraction of sp³-hybridized carbons (Fsp3) is 0. The van der Waals surface area contributed by atoms with Gasteiger partial charge in [0.1, 0.15) is 5.82 Å². The normalized spacial score (nSPS) is 8.40. The van der Waals surface area contributed by atoms with Crippen LogP contribution in [0.1, 0.15) is 0 Å². The van der Waals surface area contributed by atoms with Crippen LogP contribution in [0, 0.1) is 0 Å². The molecular formula is C4H6ClN3O2. The van der Waals surface area contributed by atoms with Gasteiger partial charge in [-0.3, -0.25) is 14.8 Å². The fourth-order valence-corrected chi connectivity index (χ4v) is 0.488. The van der Waals surface area contributed by atoms with E-state index in [1.165, 1.54) is 0 Å². The number of anilines is 1. The van der Waals surface area contributed by atoms with Gasteiger partial charge in [0.15, 0.2) is 0 Å². The quantitative estimate of drug-likeness (QED) is 0.461. The molecule has 1 aromatic rings. The lowest BCUT2D eigenvalue weighted by Crippen LogP contribution is -2.22. The van der Waals surface area contributed by atoms with Gasteiger partial charge in [-0.05, 0) is 0 Å². The third-order valence-corrected chi connectivity index (χ3v) is 0.781. The summed E-state index contributed by atoms with van der Waals surface area (Å²) < 4.78 is 0. The van der Waals surface area contributed by atoms with Crippen molar-refractivity contribution in [2.24, 2.45) is 0 Å². The molecule has 1 aromatic heterocycles. The molecule has 1 rings (SSSR count). The van der Waals surface area contributed by atoms with Gasteiger partial charge in [0.25, 0.3) is 5.56 Å². The standard InChI is InChI=1S/C4H5N3O2.ClH/c5-2-1-3(8)7-4(9)6-2;/h1H,(H4,5,6,7,8,9);1H. The summed E-state index contributed by atoms with van der Waals surface area (Å²) in [5, 5.41) is 0. The maximum atomic E-state index is 10.4. The largest absolute Gasteiger partial charge is 0.385 e. The summed E-state index contributed by atoms with van der Waals surface area (Å²) in [5.41, 5.74) is 4.01. The molecule has 0 atom stereocenters. The molecule has 56 valence electrons. The van der Waals surface area contributed by atoms with Gasteiger partial charge in [-0.25, -0.2) is 4.79 Å². The third-order valence-electron chi connectivity index (χ3n) is 0.781. The second kappa shape index (κ2) is 3.07. The Morgan fingerprint density at radius 1 is 1.30 bits per heavy atom. The average Bonchev–Trinajstić information content (AvgIpc) is 1.59. The van der Waals surface area contributed by atoms with Crippen LogP contribution in [0.2, 0.25) is 0 Å². The van der Waals surface area contributed by atoms with Crippen LogP contribution in [0.3, 0.4) is 0 Å². The summed E-state index contributed by atoms with van der Waals surface area (Å²) in [5.74, 6) is 0.0729. The molecule has 0 amide bonds. The lowest BCUT2D eigenvalue weighted by atomic mass is 10.6. The number of aromatic nitrogens is 2. The number of H-pyrrole nitrogens is 2. The lowest BCUT2D eigenvalue weighted by molar-refractivity contribution is 1.05. The minimum Gasteiger partial charge on any atom is -0.385 e. The van der Waals surface area contributed by atoms with E-state index in [2.05, 4.69) is 4.98 Å². The second-order valence-electron chi connectivity index (χ2n) is 1.54. The highest BCUT2D eigenvalue weighted by Gasteiger charge is 1.86. The Labute approximate surface area is 61.7 Å². The number of aromatic amines is 2. The first-order valence-electron chi connectivity index (χ1n) is 2.27. The molecule has 10 heavy (non-hydrogen) atoms. The van der Waals surface area contributed by atoms with Crippen LogP contribution in [0.4, 0.5) is 5.82 Å². The Kier molecular flexibility index (Phi) is 2.69. The highest BCUT2D eigenvalue weighted by Crippen LogP contribution is 1.77. The number of rotatable bonds is 0. The minimum absolute atomic E-state index is 0. The molecule has 0 aliphatic heterocycles. The summed E-state index contributed by atoms with van der Waals surface area (Å²) >= 11 is 0. The van der Waals surface area contributed by atoms with Gasteiger partial charge in [0, 0.05) is 6.07 Å². The molecule has 0 spiro atoms. The Morgan fingerprint density at radius 2 is 1.90 bits per heavy atom. The molecule has 0 bridgehead atoms.